The first-order valence-corrected chi connectivity index (χ1v) is 12.5. The number of carbonyl (C=O) groups excluding carboxylic acids is 1. The van der Waals surface area contributed by atoms with Crippen LogP contribution in [0.4, 0.5) is 5.69 Å². The van der Waals surface area contributed by atoms with Crippen molar-refractivity contribution in [2.75, 3.05) is 46.4 Å². The van der Waals surface area contributed by atoms with Crippen molar-refractivity contribution in [1.29, 1.82) is 0 Å². The lowest BCUT2D eigenvalue weighted by atomic mass is 10.1. The first-order chi connectivity index (χ1) is 17.7. The van der Waals surface area contributed by atoms with E-state index in [9.17, 15) is 4.79 Å². The standard InChI is InChI=1S/C26H30N6O4/c1-34-23-21(35-13-3-11-31-15-18-5-6-19(16-31)36-18)8-7-20-22(23)29-26(32-12-10-28-24(20)32)30-25(33)17-4-2-9-27-14-17/h2,4,7-9,14,18-19H,3,5-6,10-13,15-16H2,1H3,(H,29,30,33). The first kappa shape index (κ1) is 22.9. The highest BCUT2D eigenvalue weighted by molar-refractivity contribution is 6.20. The monoisotopic (exact) mass is 490 g/mol. The Hall–Kier alpha value is -3.50. The minimum absolute atomic E-state index is 0.278. The summed E-state index contributed by atoms with van der Waals surface area (Å²) in [6.07, 6.45) is 7.22. The van der Waals surface area contributed by atoms with Gasteiger partial charge in [0.05, 0.1) is 38.0 Å². The van der Waals surface area contributed by atoms with Crippen LogP contribution in [0, 0.1) is 0 Å². The van der Waals surface area contributed by atoms with Gasteiger partial charge in [0, 0.05) is 44.1 Å². The third-order valence-corrected chi connectivity index (χ3v) is 7.00. The maximum Gasteiger partial charge on any atom is 0.259 e. The van der Waals surface area contributed by atoms with Gasteiger partial charge in [0.2, 0.25) is 5.96 Å². The third kappa shape index (κ3) is 4.42. The van der Waals surface area contributed by atoms with E-state index >= 15 is 0 Å². The topological polar surface area (TPSA) is 101 Å². The molecule has 0 spiro atoms. The molecule has 0 aliphatic carbocycles. The number of amides is 1. The van der Waals surface area contributed by atoms with E-state index in [2.05, 4.69) is 20.2 Å². The SMILES string of the molecule is COc1c(OCCCN2CC3CCC(C2)O3)ccc2c1N=C(NC(=O)c1cccnc1)N1CCN=C21. The Labute approximate surface area is 210 Å². The van der Waals surface area contributed by atoms with Gasteiger partial charge in [-0.2, -0.15) is 0 Å². The van der Waals surface area contributed by atoms with E-state index in [1.54, 1.807) is 25.4 Å². The number of benzene rings is 1. The number of pyridine rings is 1. The zero-order valence-corrected chi connectivity index (χ0v) is 20.4. The van der Waals surface area contributed by atoms with Crippen LogP contribution in [0.2, 0.25) is 0 Å². The Bertz CT molecular complexity index is 1190. The highest BCUT2D eigenvalue weighted by Crippen LogP contribution is 2.43. The van der Waals surface area contributed by atoms with Crippen molar-refractivity contribution in [3.63, 3.8) is 0 Å². The van der Waals surface area contributed by atoms with Gasteiger partial charge >= 0.3 is 0 Å². The molecule has 6 rings (SSSR count). The van der Waals surface area contributed by atoms with Crippen molar-refractivity contribution in [3.8, 4) is 11.5 Å². The fourth-order valence-electron chi connectivity index (χ4n) is 5.32. The van der Waals surface area contributed by atoms with Crippen LogP contribution >= 0.6 is 0 Å². The number of nitrogens with one attached hydrogen (secondary N) is 1. The van der Waals surface area contributed by atoms with E-state index in [4.69, 9.17) is 19.2 Å². The van der Waals surface area contributed by atoms with Crippen LogP contribution < -0.4 is 14.8 Å². The van der Waals surface area contributed by atoms with Gasteiger partial charge in [-0.1, -0.05) is 0 Å². The molecule has 2 bridgehead atoms. The molecule has 4 aliphatic rings. The molecular formula is C26H30N6O4. The van der Waals surface area contributed by atoms with E-state index in [0.717, 1.165) is 37.5 Å². The number of guanidine groups is 1. The molecule has 0 radical (unpaired) electrons. The summed E-state index contributed by atoms with van der Waals surface area (Å²) in [5, 5.41) is 2.92. The number of aromatic nitrogens is 1. The van der Waals surface area contributed by atoms with Crippen LogP contribution in [0.1, 0.15) is 35.2 Å². The van der Waals surface area contributed by atoms with Gasteiger partial charge in [0.25, 0.3) is 5.91 Å². The molecule has 1 aromatic carbocycles. The van der Waals surface area contributed by atoms with Crippen LogP contribution in [-0.2, 0) is 4.74 Å². The van der Waals surface area contributed by atoms with Gasteiger partial charge < -0.3 is 14.2 Å². The number of morpholine rings is 1. The average Bonchev–Trinajstić information content (AvgIpc) is 3.53. The molecule has 2 fully saturated rings. The molecule has 1 N–H and O–H groups in total. The van der Waals surface area contributed by atoms with E-state index in [-0.39, 0.29) is 5.91 Å². The van der Waals surface area contributed by atoms with Crippen LogP contribution in [0.15, 0.2) is 46.6 Å². The second-order valence-corrected chi connectivity index (χ2v) is 9.40. The second kappa shape index (κ2) is 9.87. The molecule has 2 unspecified atom stereocenters. The number of ether oxygens (including phenoxy) is 3. The molecular weight excluding hydrogens is 460 g/mol. The van der Waals surface area contributed by atoms with Crippen LogP contribution in [0.25, 0.3) is 0 Å². The Balaban J connectivity index is 1.18. The fraction of sp³-hybridized carbons (Fsp3) is 0.462. The summed E-state index contributed by atoms with van der Waals surface area (Å²) in [5.74, 6) is 2.09. The minimum Gasteiger partial charge on any atom is -0.491 e. The number of likely N-dealkylation sites (tertiary alicyclic amines) is 1. The number of rotatable bonds is 7. The molecule has 1 amide bonds. The van der Waals surface area contributed by atoms with Crippen molar-refractivity contribution in [2.24, 2.45) is 9.98 Å². The predicted molar refractivity (Wildman–Crippen MR) is 134 cm³/mol. The molecule has 188 valence electrons. The van der Waals surface area contributed by atoms with E-state index in [1.807, 2.05) is 17.0 Å². The lowest BCUT2D eigenvalue weighted by molar-refractivity contribution is -0.0391. The number of hydrogen-bond donors (Lipinski definition) is 1. The quantitative estimate of drug-likeness (QED) is 0.594. The van der Waals surface area contributed by atoms with Crippen LogP contribution in [0.5, 0.6) is 11.5 Å². The van der Waals surface area contributed by atoms with Crippen molar-refractivity contribution in [2.45, 2.75) is 31.5 Å². The number of nitrogens with zero attached hydrogens (tertiary/aromatic N) is 5. The van der Waals surface area contributed by atoms with Crippen molar-refractivity contribution < 1.29 is 19.0 Å². The largest absolute Gasteiger partial charge is 0.491 e. The normalized spacial score (nSPS) is 22.4. The summed E-state index contributed by atoms with van der Waals surface area (Å²) < 4.78 is 17.8. The van der Waals surface area contributed by atoms with Gasteiger partial charge in [0.1, 0.15) is 11.5 Å². The lowest BCUT2D eigenvalue weighted by Gasteiger charge is -2.32. The lowest BCUT2D eigenvalue weighted by Crippen LogP contribution is -2.47. The van der Waals surface area contributed by atoms with Gasteiger partial charge in [-0.05, 0) is 43.5 Å². The number of fused-ring (bicyclic) bond motifs is 5. The smallest absolute Gasteiger partial charge is 0.259 e. The molecule has 4 aliphatic heterocycles. The fourth-order valence-corrected chi connectivity index (χ4v) is 5.32. The van der Waals surface area contributed by atoms with Gasteiger partial charge in [0.15, 0.2) is 11.5 Å². The van der Waals surface area contributed by atoms with E-state index < -0.39 is 0 Å². The first-order valence-electron chi connectivity index (χ1n) is 12.5. The zero-order chi connectivity index (χ0) is 24.5. The molecule has 2 atom stereocenters. The number of amidine groups is 1. The molecule has 0 saturated carbocycles. The summed E-state index contributed by atoms with van der Waals surface area (Å²) in [4.78, 5) is 30.7. The van der Waals surface area contributed by atoms with E-state index in [0.29, 0.717) is 60.6 Å². The highest BCUT2D eigenvalue weighted by Gasteiger charge is 2.34. The zero-order valence-electron chi connectivity index (χ0n) is 20.4. The van der Waals surface area contributed by atoms with Gasteiger partial charge in [-0.3, -0.25) is 29.9 Å². The summed E-state index contributed by atoms with van der Waals surface area (Å²) in [6.45, 7) is 4.85. The maximum atomic E-state index is 12.8. The summed E-state index contributed by atoms with van der Waals surface area (Å²) >= 11 is 0. The molecule has 10 heteroatoms. The Morgan fingerprint density at radius 1 is 1.22 bits per heavy atom. The molecule has 5 heterocycles. The molecule has 2 aromatic rings. The summed E-state index contributed by atoms with van der Waals surface area (Å²) in [5.41, 5.74) is 1.93. The number of methoxy groups -OCH3 is 1. The number of hydrogen-bond acceptors (Lipinski definition) is 9. The number of aliphatic imine (C=N–C) groups is 2. The van der Waals surface area contributed by atoms with Crippen molar-refractivity contribution in [3.05, 3.63) is 47.8 Å². The minimum atomic E-state index is -0.278. The van der Waals surface area contributed by atoms with Crippen molar-refractivity contribution >= 4 is 23.4 Å². The predicted octanol–water partition coefficient (Wildman–Crippen LogP) is 2.22. The van der Waals surface area contributed by atoms with Gasteiger partial charge in [-0.25, -0.2) is 4.99 Å². The molecule has 2 saturated heterocycles. The van der Waals surface area contributed by atoms with Gasteiger partial charge in [-0.15, -0.1) is 0 Å². The molecule has 1 aromatic heterocycles. The summed E-state index contributed by atoms with van der Waals surface area (Å²) in [6, 6.07) is 7.33. The Kier molecular flexibility index (Phi) is 6.28. The van der Waals surface area contributed by atoms with Crippen molar-refractivity contribution in [1.82, 2.24) is 20.1 Å². The Morgan fingerprint density at radius 2 is 2.08 bits per heavy atom. The molecule has 36 heavy (non-hydrogen) atoms. The second-order valence-electron chi connectivity index (χ2n) is 9.40. The maximum absolute atomic E-state index is 12.8. The Morgan fingerprint density at radius 3 is 2.86 bits per heavy atom. The van der Waals surface area contributed by atoms with Crippen LogP contribution in [0.3, 0.4) is 0 Å². The summed E-state index contributed by atoms with van der Waals surface area (Å²) in [7, 11) is 1.61. The van der Waals surface area contributed by atoms with Crippen LogP contribution in [-0.4, -0.2) is 91.1 Å². The third-order valence-electron chi connectivity index (χ3n) is 7.00. The average molecular weight is 491 g/mol. The highest BCUT2D eigenvalue weighted by atomic mass is 16.5. The van der Waals surface area contributed by atoms with E-state index in [1.165, 1.54) is 19.0 Å². The number of carbonyl (C=O) groups is 1. The molecule has 10 nitrogen and oxygen atoms in total.